The normalized spacial score (nSPS) is 11.2. The van der Waals surface area contributed by atoms with E-state index in [4.69, 9.17) is 5.73 Å². The molecule has 0 spiro atoms. The summed E-state index contributed by atoms with van der Waals surface area (Å²) in [6.07, 6.45) is 3.04. The molecule has 0 fully saturated rings. The second kappa shape index (κ2) is 6.33. The van der Waals surface area contributed by atoms with Crippen molar-refractivity contribution in [3.8, 4) is 11.1 Å². The van der Waals surface area contributed by atoms with Gasteiger partial charge in [0.25, 0.3) is 10.0 Å². The molecule has 0 aliphatic rings. The van der Waals surface area contributed by atoms with E-state index < -0.39 is 10.0 Å². The van der Waals surface area contributed by atoms with Gasteiger partial charge in [-0.25, -0.2) is 8.42 Å². The highest BCUT2D eigenvalue weighted by Gasteiger charge is 2.14. The third-order valence-electron chi connectivity index (χ3n) is 3.69. The molecule has 2 aromatic carbocycles. The maximum Gasteiger partial charge on any atom is 0.261 e. The Bertz CT molecular complexity index is 953. The van der Waals surface area contributed by atoms with Crippen molar-refractivity contribution < 1.29 is 8.42 Å². The molecule has 0 bridgehead atoms. The third-order valence-corrected chi connectivity index (χ3v) is 5.09. The van der Waals surface area contributed by atoms with Gasteiger partial charge in [-0.3, -0.25) is 9.71 Å². The summed E-state index contributed by atoms with van der Waals surface area (Å²) < 4.78 is 27.3. The molecule has 3 rings (SSSR count). The van der Waals surface area contributed by atoms with Crippen LogP contribution in [-0.2, 0) is 10.0 Å². The van der Waals surface area contributed by atoms with Crippen molar-refractivity contribution in [3.63, 3.8) is 0 Å². The summed E-state index contributed by atoms with van der Waals surface area (Å²) in [6.45, 7) is 1.94. The molecule has 0 unspecified atom stereocenters. The van der Waals surface area contributed by atoms with E-state index in [9.17, 15) is 8.42 Å². The Kier molecular flexibility index (Phi) is 4.22. The minimum absolute atomic E-state index is 0.190. The number of aromatic nitrogens is 1. The molecule has 1 heterocycles. The van der Waals surface area contributed by atoms with Crippen molar-refractivity contribution in [3.05, 3.63) is 72.6 Å². The van der Waals surface area contributed by atoms with Crippen molar-refractivity contribution in [1.29, 1.82) is 0 Å². The molecule has 3 aromatic rings. The lowest BCUT2D eigenvalue weighted by Gasteiger charge is -2.09. The molecule has 0 aliphatic heterocycles. The van der Waals surface area contributed by atoms with E-state index in [0.717, 1.165) is 16.7 Å². The number of aryl methyl sites for hydroxylation is 1. The number of nitrogen functional groups attached to an aromatic ring is 1. The number of rotatable bonds is 4. The molecule has 0 radical (unpaired) electrons. The van der Waals surface area contributed by atoms with Gasteiger partial charge in [-0.1, -0.05) is 24.3 Å². The Morgan fingerprint density at radius 3 is 2.33 bits per heavy atom. The number of anilines is 2. The summed E-state index contributed by atoms with van der Waals surface area (Å²) in [6, 6.07) is 15.8. The molecule has 122 valence electrons. The minimum Gasteiger partial charge on any atom is -0.398 e. The van der Waals surface area contributed by atoms with Gasteiger partial charge in [0.15, 0.2) is 0 Å². The van der Waals surface area contributed by atoms with Crippen LogP contribution in [-0.4, -0.2) is 13.4 Å². The van der Waals surface area contributed by atoms with Crippen LogP contribution in [0.4, 0.5) is 11.4 Å². The Morgan fingerprint density at radius 1 is 1.00 bits per heavy atom. The number of nitrogens with one attached hydrogen (secondary N) is 1. The number of sulfonamides is 1. The monoisotopic (exact) mass is 339 g/mol. The van der Waals surface area contributed by atoms with E-state index >= 15 is 0 Å². The Hall–Kier alpha value is -2.86. The average Bonchev–Trinajstić information content (AvgIpc) is 2.58. The Labute approximate surface area is 141 Å². The zero-order chi connectivity index (χ0) is 17.2. The van der Waals surface area contributed by atoms with E-state index in [1.807, 2.05) is 25.1 Å². The molecule has 0 saturated carbocycles. The summed E-state index contributed by atoms with van der Waals surface area (Å²) in [5, 5.41) is 0. The van der Waals surface area contributed by atoms with E-state index in [2.05, 4.69) is 9.71 Å². The number of hydrogen-bond donors (Lipinski definition) is 2. The van der Waals surface area contributed by atoms with Crippen LogP contribution in [0.3, 0.4) is 0 Å². The van der Waals surface area contributed by atoms with Crippen LogP contribution >= 0.6 is 0 Å². The SMILES string of the molecule is Cc1ccc(-c2ccc(S(=O)(=O)Nc3cccnc3)cc2)cc1N. The standard InChI is InChI=1S/C18H17N3O2S/c1-13-4-5-15(11-18(13)19)14-6-8-17(9-7-14)24(22,23)21-16-3-2-10-20-12-16/h2-12,21H,19H2,1H3. The molecular weight excluding hydrogens is 322 g/mol. The summed E-state index contributed by atoms with van der Waals surface area (Å²) in [5.41, 5.74) is 9.93. The molecule has 5 nitrogen and oxygen atoms in total. The predicted molar refractivity (Wildman–Crippen MR) is 96.1 cm³/mol. The zero-order valence-electron chi connectivity index (χ0n) is 13.1. The summed E-state index contributed by atoms with van der Waals surface area (Å²) in [7, 11) is -3.64. The fourth-order valence-electron chi connectivity index (χ4n) is 2.28. The van der Waals surface area contributed by atoms with Gasteiger partial charge in [0, 0.05) is 11.9 Å². The van der Waals surface area contributed by atoms with Gasteiger partial charge in [0.05, 0.1) is 16.8 Å². The van der Waals surface area contributed by atoms with Crippen molar-refractivity contribution in [2.75, 3.05) is 10.5 Å². The zero-order valence-corrected chi connectivity index (χ0v) is 13.9. The van der Waals surface area contributed by atoms with Crippen LogP contribution in [0.5, 0.6) is 0 Å². The summed E-state index contributed by atoms with van der Waals surface area (Å²) >= 11 is 0. The van der Waals surface area contributed by atoms with Crippen LogP contribution in [0.1, 0.15) is 5.56 Å². The lowest BCUT2D eigenvalue weighted by Crippen LogP contribution is -2.12. The van der Waals surface area contributed by atoms with Crippen molar-refractivity contribution in [2.45, 2.75) is 11.8 Å². The van der Waals surface area contributed by atoms with Crippen molar-refractivity contribution in [2.24, 2.45) is 0 Å². The number of nitrogens with two attached hydrogens (primary N) is 1. The molecular formula is C18H17N3O2S. The topological polar surface area (TPSA) is 85.1 Å². The minimum atomic E-state index is -3.64. The quantitative estimate of drug-likeness (QED) is 0.713. The van der Waals surface area contributed by atoms with Gasteiger partial charge in [-0.15, -0.1) is 0 Å². The molecule has 0 saturated heterocycles. The largest absolute Gasteiger partial charge is 0.398 e. The van der Waals surface area contributed by atoms with E-state index in [1.54, 1.807) is 42.6 Å². The van der Waals surface area contributed by atoms with Crippen molar-refractivity contribution in [1.82, 2.24) is 4.98 Å². The van der Waals surface area contributed by atoms with E-state index in [1.165, 1.54) is 6.20 Å². The maximum atomic E-state index is 12.4. The summed E-state index contributed by atoms with van der Waals surface area (Å²) in [5.74, 6) is 0. The van der Waals surface area contributed by atoms with Gasteiger partial charge in [-0.05, 0) is 53.9 Å². The van der Waals surface area contributed by atoms with Gasteiger partial charge >= 0.3 is 0 Å². The highest BCUT2D eigenvalue weighted by Crippen LogP contribution is 2.25. The van der Waals surface area contributed by atoms with Crippen LogP contribution in [0.15, 0.2) is 71.9 Å². The number of pyridine rings is 1. The Morgan fingerprint density at radius 2 is 1.71 bits per heavy atom. The molecule has 24 heavy (non-hydrogen) atoms. The average molecular weight is 339 g/mol. The van der Waals surface area contributed by atoms with Crippen molar-refractivity contribution >= 4 is 21.4 Å². The van der Waals surface area contributed by atoms with Crippen LogP contribution in [0.25, 0.3) is 11.1 Å². The van der Waals surface area contributed by atoms with Crippen LogP contribution in [0, 0.1) is 6.92 Å². The molecule has 3 N–H and O–H groups in total. The summed E-state index contributed by atoms with van der Waals surface area (Å²) in [4.78, 5) is 4.08. The third kappa shape index (κ3) is 3.38. The lowest BCUT2D eigenvalue weighted by molar-refractivity contribution is 0.601. The number of hydrogen-bond acceptors (Lipinski definition) is 4. The van der Waals surface area contributed by atoms with Gasteiger partial charge < -0.3 is 5.73 Å². The Balaban J connectivity index is 1.87. The maximum absolute atomic E-state index is 12.4. The second-order valence-electron chi connectivity index (χ2n) is 5.44. The van der Waals surface area contributed by atoms with E-state index in [0.29, 0.717) is 11.4 Å². The second-order valence-corrected chi connectivity index (χ2v) is 7.13. The first-order valence-electron chi connectivity index (χ1n) is 7.35. The van der Waals surface area contributed by atoms with Crippen LogP contribution in [0.2, 0.25) is 0 Å². The number of benzene rings is 2. The number of nitrogens with zero attached hydrogens (tertiary/aromatic N) is 1. The van der Waals surface area contributed by atoms with Gasteiger partial charge in [0.1, 0.15) is 0 Å². The first-order chi connectivity index (χ1) is 11.5. The smallest absolute Gasteiger partial charge is 0.261 e. The fraction of sp³-hybridized carbons (Fsp3) is 0.0556. The molecule has 0 amide bonds. The fourth-order valence-corrected chi connectivity index (χ4v) is 3.33. The van der Waals surface area contributed by atoms with Gasteiger partial charge in [-0.2, -0.15) is 0 Å². The first kappa shape index (κ1) is 16.0. The molecule has 0 atom stereocenters. The lowest BCUT2D eigenvalue weighted by atomic mass is 10.0. The van der Waals surface area contributed by atoms with Gasteiger partial charge in [0.2, 0.25) is 0 Å². The molecule has 1 aromatic heterocycles. The van der Waals surface area contributed by atoms with Crippen LogP contribution < -0.4 is 10.5 Å². The van der Waals surface area contributed by atoms with E-state index in [-0.39, 0.29) is 4.90 Å². The highest BCUT2D eigenvalue weighted by molar-refractivity contribution is 7.92. The highest BCUT2D eigenvalue weighted by atomic mass is 32.2. The molecule has 0 aliphatic carbocycles. The molecule has 6 heteroatoms. The predicted octanol–water partition coefficient (Wildman–Crippen LogP) is 3.44. The first-order valence-corrected chi connectivity index (χ1v) is 8.83.